The van der Waals surface area contributed by atoms with Crippen LogP contribution in [0.25, 0.3) is 0 Å². The number of hydrogen-bond donors (Lipinski definition) is 0. The van der Waals surface area contributed by atoms with Crippen molar-refractivity contribution in [1.82, 2.24) is 9.80 Å². The van der Waals surface area contributed by atoms with Crippen molar-refractivity contribution in [3.63, 3.8) is 0 Å². The van der Waals surface area contributed by atoms with Crippen LogP contribution in [0.4, 0.5) is 0 Å². The van der Waals surface area contributed by atoms with E-state index in [1.165, 1.54) is 96.3 Å². The summed E-state index contributed by atoms with van der Waals surface area (Å²) in [7, 11) is 0. The third-order valence-electron chi connectivity index (χ3n) is 5.76. The molecule has 1 heterocycles. The van der Waals surface area contributed by atoms with Gasteiger partial charge < -0.3 is 9.80 Å². The Morgan fingerprint density at radius 1 is 0.520 bits per heavy atom. The molecule has 0 saturated carbocycles. The van der Waals surface area contributed by atoms with Crippen molar-refractivity contribution in [2.24, 2.45) is 0 Å². The topological polar surface area (TPSA) is 6.48 Å². The van der Waals surface area contributed by atoms with Crippen LogP contribution in [0.3, 0.4) is 0 Å². The molecule has 1 aliphatic heterocycles. The van der Waals surface area contributed by atoms with Crippen LogP contribution >= 0.6 is 0 Å². The van der Waals surface area contributed by atoms with Gasteiger partial charge in [0, 0.05) is 25.5 Å². The molecule has 2 nitrogen and oxygen atoms in total. The first-order valence-corrected chi connectivity index (χ1v) is 11.5. The second-order valence-corrected chi connectivity index (χ2v) is 7.82. The van der Waals surface area contributed by atoms with Gasteiger partial charge in [-0.1, -0.05) is 90.4 Å². The average Bonchev–Trinajstić information content (AvgIpc) is 3.04. The number of nitrogens with zero attached hydrogens (tertiary/aromatic N) is 2. The molecule has 0 aromatic carbocycles. The van der Waals surface area contributed by atoms with E-state index < -0.39 is 0 Å². The fraction of sp³-hybridized carbons (Fsp3) is 0.913. The fourth-order valence-electron chi connectivity index (χ4n) is 4.05. The molecule has 0 N–H and O–H groups in total. The van der Waals surface area contributed by atoms with Gasteiger partial charge in [0.05, 0.1) is 0 Å². The Hall–Kier alpha value is -0.660. The molecule has 2 heteroatoms. The molecule has 0 atom stereocenters. The lowest BCUT2D eigenvalue weighted by molar-refractivity contribution is 0.149. The van der Waals surface area contributed by atoms with Crippen LogP contribution in [0.1, 0.15) is 117 Å². The smallest absolute Gasteiger partial charge is 0.101 e. The van der Waals surface area contributed by atoms with Crippen molar-refractivity contribution in [3.8, 4) is 0 Å². The van der Waals surface area contributed by atoms with E-state index in [-0.39, 0.29) is 0 Å². The van der Waals surface area contributed by atoms with Crippen molar-refractivity contribution < 1.29 is 0 Å². The van der Waals surface area contributed by atoms with E-state index in [9.17, 15) is 0 Å². The molecule has 0 spiro atoms. The lowest BCUT2D eigenvalue weighted by atomic mass is 10.0. The third-order valence-corrected chi connectivity index (χ3v) is 5.76. The van der Waals surface area contributed by atoms with Gasteiger partial charge in [0.1, 0.15) is 6.17 Å². The van der Waals surface area contributed by atoms with Gasteiger partial charge >= 0.3 is 0 Å². The van der Waals surface area contributed by atoms with Gasteiger partial charge in [0.25, 0.3) is 0 Å². The number of rotatable bonds is 17. The zero-order chi connectivity index (χ0) is 18.2. The summed E-state index contributed by atoms with van der Waals surface area (Å²) in [4.78, 5) is 4.98. The van der Waals surface area contributed by atoms with Crippen molar-refractivity contribution in [3.05, 3.63) is 12.4 Å². The van der Waals surface area contributed by atoms with E-state index in [0.717, 1.165) is 13.1 Å². The Morgan fingerprint density at radius 3 is 1.24 bits per heavy atom. The van der Waals surface area contributed by atoms with Crippen molar-refractivity contribution in [2.75, 3.05) is 13.1 Å². The fourth-order valence-corrected chi connectivity index (χ4v) is 4.05. The van der Waals surface area contributed by atoms with Gasteiger partial charge in [0.15, 0.2) is 0 Å². The standard InChI is InChI=1S/C23H46N2/c1-4-7-8-9-10-11-12-13-14-15-16-17-18-19-20-23-24(5-2)21-22-25(23)6-3/h21-23H,4-20H2,1-3H3. The summed E-state index contributed by atoms with van der Waals surface area (Å²) in [5, 5.41) is 0. The molecule has 0 amide bonds. The van der Waals surface area contributed by atoms with Gasteiger partial charge in [-0.25, -0.2) is 0 Å². The molecule has 0 radical (unpaired) electrons. The minimum Gasteiger partial charge on any atom is -0.356 e. The maximum atomic E-state index is 2.49. The SMILES string of the molecule is CCCCCCCCCCCCCCCCC1N(CC)C=CN1CC. The molecule has 0 aromatic rings. The Labute approximate surface area is 159 Å². The molecule has 0 aromatic heterocycles. The first-order chi connectivity index (χ1) is 12.3. The monoisotopic (exact) mass is 350 g/mol. The summed E-state index contributed by atoms with van der Waals surface area (Å²) >= 11 is 0. The minimum atomic E-state index is 0.632. The van der Waals surface area contributed by atoms with Crippen LogP contribution in [-0.4, -0.2) is 29.1 Å². The lowest BCUT2D eigenvalue weighted by Crippen LogP contribution is -2.38. The molecule has 148 valence electrons. The van der Waals surface area contributed by atoms with E-state index in [2.05, 4.69) is 43.0 Å². The first-order valence-electron chi connectivity index (χ1n) is 11.5. The van der Waals surface area contributed by atoms with Crippen molar-refractivity contribution in [2.45, 2.75) is 123 Å². The predicted octanol–water partition coefficient (Wildman–Crippen LogP) is 7.31. The zero-order valence-electron chi connectivity index (χ0n) is 17.6. The third kappa shape index (κ3) is 10.2. The molecular formula is C23H46N2. The first kappa shape index (κ1) is 22.4. The van der Waals surface area contributed by atoms with E-state index in [1.54, 1.807) is 0 Å². The van der Waals surface area contributed by atoms with Gasteiger partial charge in [-0.15, -0.1) is 0 Å². The average molecular weight is 351 g/mol. The summed E-state index contributed by atoms with van der Waals surface area (Å²) in [6.07, 6.45) is 26.8. The highest BCUT2D eigenvalue weighted by atomic mass is 15.4. The molecule has 0 unspecified atom stereocenters. The van der Waals surface area contributed by atoms with Crippen LogP contribution in [0.2, 0.25) is 0 Å². The summed E-state index contributed by atoms with van der Waals surface area (Å²) < 4.78 is 0. The zero-order valence-corrected chi connectivity index (χ0v) is 17.6. The highest BCUT2D eigenvalue weighted by Gasteiger charge is 2.22. The van der Waals surface area contributed by atoms with Crippen molar-refractivity contribution >= 4 is 0 Å². The number of unbranched alkanes of at least 4 members (excludes halogenated alkanes) is 13. The van der Waals surface area contributed by atoms with Gasteiger partial charge in [-0.2, -0.15) is 0 Å². The molecule has 25 heavy (non-hydrogen) atoms. The summed E-state index contributed by atoms with van der Waals surface area (Å²) in [6, 6.07) is 0. The summed E-state index contributed by atoms with van der Waals surface area (Å²) in [5.41, 5.74) is 0. The Bertz CT molecular complexity index is 299. The summed E-state index contributed by atoms with van der Waals surface area (Å²) in [5.74, 6) is 0. The second-order valence-electron chi connectivity index (χ2n) is 7.82. The Kier molecular flexibility index (Phi) is 14.0. The molecule has 0 aliphatic carbocycles. The Balaban J connectivity index is 1.84. The predicted molar refractivity (Wildman–Crippen MR) is 113 cm³/mol. The Morgan fingerprint density at radius 2 is 0.880 bits per heavy atom. The molecule has 0 saturated heterocycles. The van der Waals surface area contributed by atoms with Crippen LogP contribution in [0.15, 0.2) is 12.4 Å². The normalized spacial score (nSPS) is 14.8. The van der Waals surface area contributed by atoms with Gasteiger partial charge in [-0.05, 0) is 26.7 Å². The van der Waals surface area contributed by atoms with Crippen LogP contribution < -0.4 is 0 Å². The maximum Gasteiger partial charge on any atom is 0.101 e. The highest BCUT2D eigenvalue weighted by molar-refractivity contribution is 4.95. The highest BCUT2D eigenvalue weighted by Crippen LogP contribution is 2.21. The van der Waals surface area contributed by atoms with Crippen LogP contribution in [-0.2, 0) is 0 Å². The second kappa shape index (κ2) is 15.6. The molecule has 1 rings (SSSR count). The molecule has 0 bridgehead atoms. The van der Waals surface area contributed by atoms with E-state index >= 15 is 0 Å². The van der Waals surface area contributed by atoms with E-state index in [4.69, 9.17) is 0 Å². The number of hydrogen-bond acceptors (Lipinski definition) is 2. The van der Waals surface area contributed by atoms with Crippen molar-refractivity contribution in [1.29, 1.82) is 0 Å². The maximum absolute atomic E-state index is 2.49. The molecular weight excluding hydrogens is 304 g/mol. The largest absolute Gasteiger partial charge is 0.356 e. The summed E-state index contributed by atoms with van der Waals surface area (Å²) in [6.45, 7) is 9.10. The molecule has 0 fully saturated rings. The molecule has 1 aliphatic rings. The lowest BCUT2D eigenvalue weighted by Gasteiger charge is -2.31. The van der Waals surface area contributed by atoms with Gasteiger partial charge in [0.2, 0.25) is 0 Å². The van der Waals surface area contributed by atoms with Crippen LogP contribution in [0, 0.1) is 0 Å². The van der Waals surface area contributed by atoms with E-state index in [1.807, 2.05) is 0 Å². The minimum absolute atomic E-state index is 0.632. The van der Waals surface area contributed by atoms with E-state index in [0.29, 0.717) is 6.17 Å². The van der Waals surface area contributed by atoms with Crippen LogP contribution in [0.5, 0.6) is 0 Å². The quantitative estimate of drug-likeness (QED) is 0.254. The van der Waals surface area contributed by atoms with Gasteiger partial charge in [-0.3, -0.25) is 0 Å².